The van der Waals surface area contributed by atoms with E-state index in [9.17, 15) is 9.59 Å². The molecule has 1 aliphatic rings. The molecule has 0 bridgehead atoms. The average molecular weight is 380 g/mol. The van der Waals surface area contributed by atoms with Crippen molar-refractivity contribution in [2.24, 2.45) is 0 Å². The molecule has 2 heterocycles. The van der Waals surface area contributed by atoms with Gasteiger partial charge in [-0.25, -0.2) is 4.79 Å². The van der Waals surface area contributed by atoms with Crippen molar-refractivity contribution < 1.29 is 14.7 Å². The van der Waals surface area contributed by atoms with E-state index in [4.69, 9.17) is 5.11 Å². The van der Waals surface area contributed by atoms with Crippen molar-refractivity contribution in [2.45, 2.75) is 31.7 Å². The number of hydrogen-bond acceptors (Lipinski definition) is 6. The van der Waals surface area contributed by atoms with Crippen LogP contribution in [0.25, 0.3) is 11.0 Å². The van der Waals surface area contributed by atoms with Crippen LogP contribution < -0.4 is 16.0 Å². The number of rotatable bonds is 5. The fourth-order valence-corrected chi connectivity index (χ4v) is 3.37. The Kier molecular flexibility index (Phi) is 4.79. The topological polar surface area (TPSA) is 132 Å². The van der Waals surface area contributed by atoms with E-state index >= 15 is 0 Å². The Morgan fingerprint density at radius 1 is 1.07 bits per heavy atom. The fourth-order valence-electron chi connectivity index (χ4n) is 3.37. The molecule has 3 aromatic rings. The Morgan fingerprint density at radius 3 is 2.54 bits per heavy atom. The SMILES string of the molecule is O=C(O)NC(=O)c1ccc(Nc2nc(NC3CCCC3)c3cc[nH]c3n2)cc1. The molecule has 4 rings (SSSR count). The number of carbonyl (C=O) groups is 2. The largest absolute Gasteiger partial charge is 0.465 e. The Bertz CT molecular complexity index is 1010. The maximum absolute atomic E-state index is 11.7. The van der Waals surface area contributed by atoms with Crippen molar-refractivity contribution in [1.29, 1.82) is 0 Å². The van der Waals surface area contributed by atoms with Crippen molar-refractivity contribution in [3.8, 4) is 0 Å². The van der Waals surface area contributed by atoms with Crippen molar-refractivity contribution in [1.82, 2.24) is 20.3 Å². The molecule has 1 fully saturated rings. The predicted molar refractivity (Wildman–Crippen MR) is 105 cm³/mol. The number of benzene rings is 1. The van der Waals surface area contributed by atoms with Gasteiger partial charge < -0.3 is 20.7 Å². The summed E-state index contributed by atoms with van der Waals surface area (Å²) in [7, 11) is 0. The monoisotopic (exact) mass is 380 g/mol. The summed E-state index contributed by atoms with van der Waals surface area (Å²) in [5, 5.41) is 18.0. The summed E-state index contributed by atoms with van der Waals surface area (Å²) >= 11 is 0. The molecule has 9 heteroatoms. The fraction of sp³-hybridized carbons (Fsp3) is 0.263. The zero-order chi connectivity index (χ0) is 19.5. The number of carboxylic acid groups (broad SMARTS) is 1. The van der Waals surface area contributed by atoms with Crippen molar-refractivity contribution in [3.63, 3.8) is 0 Å². The smallest absolute Gasteiger partial charge is 0.411 e. The minimum Gasteiger partial charge on any atom is -0.465 e. The van der Waals surface area contributed by atoms with Crippen LogP contribution in [0.15, 0.2) is 36.5 Å². The van der Waals surface area contributed by atoms with Crippen LogP contribution in [0.5, 0.6) is 0 Å². The third kappa shape index (κ3) is 3.88. The van der Waals surface area contributed by atoms with Crippen molar-refractivity contribution in [2.75, 3.05) is 10.6 Å². The summed E-state index contributed by atoms with van der Waals surface area (Å²) in [4.78, 5) is 34.5. The third-order valence-corrected chi connectivity index (χ3v) is 4.74. The van der Waals surface area contributed by atoms with Gasteiger partial charge in [-0.15, -0.1) is 0 Å². The molecular weight excluding hydrogens is 360 g/mol. The van der Waals surface area contributed by atoms with Crippen LogP contribution in [-0.2, 0) is 0 Å². The molecule has 9 nitrogen and oxygen atoms in total. The first-order valence-corrected chi connectivity index (χ1v) is 9.11. The van der Waals surface area contributed by atoms with Crippen LogP contribution in [0.3, 0.4) is 0 Å². The molecular formula is C19H20N6O3. The highest BCUT2D eigenvalue weighted by Gasteiger charge is 2.18. The molecule has 1 saturated carbocycles. The average Bonchev–Trinajstić information content (AvgIpc) is 3.33. The zero-order valence-electron chi connectivity index (χ0n) is 15.0. The maximum Gasteiger partial charge on any atom is 0.411 e. The van der Waals surface area contributed by atoms with E-state index < -0.39 is 12.0 Å². The van der Waals surface area contributed by atoms with Crippen LogP contribution in [-0.4, -0.2) is 38.1 Å². The van der Waals surface area contributed by atoms with Gasteiger partial charge in [0.1, 0.15) is 11.5 Å². The summed E-state index contributed by atoms with van der Waals surface area (Å²) in [5.74, 6) is 0.544. The number of aromatic amines is 1. The van der Waals surface area contributed by atoms with Gasteiger partial charge in [0.05, 0.1) is 5.39 Å². The maximum atomic E-state index is 11.7. The van der Waals surface area contributed by atoms with Gasteiger partial charge in [0.25, 0.3) is 5.91 Å². The van der Waals surface area contributed by atoms with Gasteiger partial charge in [-0.2, -0.15) is 9.97 Å². The lowest BCUT2D eigenvalue weighted by atomic mass is 10.2. The van der Waals surface area contributed by atoms with Gasteiger partial charge in [0.2, 0.25) is 5.95 Å². The number of nitrogens with zero attached hydrogens (tertiary/aromatic N) is 2. The van der Waals surface area contributed by atoms with Crippen molar-refractivity contribution >= 4 is 40.5 Å². The molecule has 1 aliphatic carbocycles. The van der Waals surface area contributed by atoms with Gasteiger partial charge >= 0.3 is 6.09 Å². The molecule has 0 radical (unpaired) electrons. The Morgan fingerprint density at radius 2 is 1.82 bits per heavy atom. The zero-order valence-corrected chi connectivity index (χ0v) is 15.0. The molecule has 144 valence electrons. The minimum absolute atomic E-state index is 0.247. The van der Waals surface area contributed by atoms with Crippen LogP contribution in [0, 0.1) is 0 Å². The number of anilines is 3. The molecule has 2 amide bonds. The number of nitrogens with one attached hydrogen (secondary N) is 4. The number of hydrogen-bond donors (Lipinski definition) is 5. The Hall–Kier alpha value is -3.62. The third-order valence-electron chi connectivity index (χ3n) is 4.74. The van der Waals surface area contributed by atoms with E-state index in [1.54, 1.807) is 12.1 Å². The lowest BCUT2D eigenvalue weighted by Crippen LogP contribution is -2.28. The molecule has 28 heavy (non-hydrogen) atoms. The van der Waals surface area contributed by atoms with Gasteiger partial charge in [-0.3, -0.25) is 10.1 Å². The first kappa shape index (κ1) is 17.8. The second-order valence-electron chi connectivity index (χ2n) is 6.72. The first-order valence-electron chi connectivity index (χ1n) is 9.11. The van der Waals surface area contributed by atoms with Crippen molar-refractivity contribution in [3.05, 3.63) is 42.1 Å². The molecule has 5 N–H and O–H groups in total. The highest BCUT2D eigenvalue weighted by atomic mass is 16.4. The minimum atomic E-state index is -1.39. The highest BCUT2D eigenvalue weighted by Crippen LogP contribution is 2.27. The first-order chi connectivity index (χ1) is 13.6. The van der Waals surface area contributed by atoms with Gasteiger partial charge in [0, 0.05) is 23.5 Å². The lowest BCUT2D eigenvalue weighted by molar-refractivity contribution is 0.0948. The normalized spacial score (nSPS) is 14.1. The van der Waals surface area contributed by atoms with Gasteiger partial charge in [-0.05, 0) is 43.2 Å². The number of aromatic nitrogens is 3. The van der Waals surface area contributed by atoms with E-state index in [0.717, 1.165) is 29.7 Å². The predicted octanol–water partition coefficient (Wildman–Crippen LogP) is 3.46. The van der Waals surface area contributed by atoms with E-state index in [2.05, 4.69) is 25.6 Å². The quantitative estimate of drug-likeness (QED) is 0.458. The lowest BCUT2D eigenvalue weighted by Gasteiger charge is -2.14. The summed E-state index contributed by atoms with van der Waals surface area (Å²) in [5.41, 5.74) is 1.66. The molecule has 0 saturated heterocycles. The number of imide groups is 1. The summed E-state index contributed by atoms with van der Waals surface area (Å²) in [6.07, 6.45) is 5.18. The van der Waals surface area contributed by atoms with Gasteiger partial charge in [-0.1, -0.05) is 12.8 Å². The molecule has 1 aromatic carbocycles. The van der Waals surface area contributed by atoms with E-state index in [1.807, 2.05) is 17.6 Å². The molecule has 2 aromatic heterocycles. The van der Waals surface area contributed by atoms with E-state index in [0.29, 0.717) is 17.7 Å². The summed E-state index contributed by atoms with van der Waals surface area (Å²) in [6, 6.07) is 8.78. The van der Waals surface area contributed by atoms with E-state index in [1.165, 1.54) is 25.0 Å². The molecule has 0 atom stereocenters. The second-order valence-corrected chi connectivity index (χ2v) is 6.72. The summed E-state index contributed by atoms with van der Waals surface area (Å²) < 4.78 is 0. The van der Waals surface area contributed by atoms with Crippen LogP contribution in [0.2, 0.25) is 0 Å². The summed E-state index contributed by atoms with van der Waals surface area (Å²) in [6.45, 7) is 0. The number of fused-ring (bicyclic) bond motifs is 1. The second kappa shape index (κ2) is 7.55. The standard InChI is InChI=1S/C19H20N6O3/c26-17(25-19(27)28)11-5-7-13(8-6-11)22-18-23-15-14(9-10-20-15)16(24-18)21-12-3-1-2-4-12/h5-10,12H,1-4H2,(H,25,26)(H,27,28)(H3,20,21,22,23,24). The van der Waals surface area contributed by atoms with Gasteiger partial charge in [0.15, 0.2) is 0 Å². The van der Waals surface area contributed by atoms with Crippen LogP contribution in [0.4, 0.5) is 22.2 Å². The Labute approximate surface area is 160 Å². The number of H-pyrrole nitrogens is 1. The highest BCUT2D eigenvalue weighted by molar-refractivity contribution is 6.02. The Balaban J connectivity index is 1.54. The van der Waals surface area contributed by atoms with Crippen LogP contribution >= 0.6 is 0 Å². The number of carbonyl (C=O) groups excluding carboxylic acids is 1. The van der Waals surface area contributed by atoms with E-state index in [-0.39, 0.29) is 5.56 Å². The molecule has 0 aliphatic heterocycles. The number of amides is 2. The molecule has 0 spiro atoms. The van der Waals surface area contributed by atoms with Crippen LogP contribution in [0.1, 0.15) is 36.0 Å². The molecule has 0 unspecified atom stereocenters.